The summed E-state index contributed by atoms with van der Waals surface area (Å²) in [5.74, 6) is -0.439. The smallest absolute Gasteiger partial charge is 0.310 e. The molecule has 0 aromatic heterocycles. The molecular formula is C20H25ClN2O4. The van der Waals surface area contributed by atoms with Crippen LogP contribution in [0.25, 0.3) is 0 Å². The first-order valence-electron chi connectivity index (χ1n) is 8.36. The summed E-state index contributed by atoms with van der Waals surface area (Å²) in [6.07, 6.45) is 0.406. The van der Waals surface area contributed by atoms with Gasteiger partial charge in [-0.15, -0.1) is 12.4 Å². The first kappa shape index (κ1) is 22.5. The lowest BCUT2D eigenvalue weighted by atomic mass is 9.98. The standard InChI is InChI=1S/C20H24N2O4.ClH/c1-25-18-6-4-3-5-16(18)11-17(20(24)26-2)13-22-19(23)15-9-7-14(12-21)8-10-15;/h3-10,17H,11-13,21H2,1-2H3,(H,22,23);1H. The van der Waals surface area contributed by atoms with Gasteiger partial charge in [0, 0.05) is 18.7 Å². The van der Waals surface area contributed by atoms with Gasteiger partial charge < -0.3 is 20.5 Å². The van der Waals surface area contributed by atoms with Crippen molar-refractivity contribution in [2.24, 2.45) is 11.7 Å². The highest BCUT2D eigenvalue weighted by Gasteiger charge is 2.22. The van der Waals surface area contributed by atoms with Crippen molar-refractivity contribution in [2.45, 2.75) is 13.0 Å². The highest BCUT2D eigenvalue weighted by molar-refractivity contribution is 5.94. The van der Waals surface area contributed by atoms with Crippen molar-refractivity contribution >= 4 is 24.3 Å². The maximum atomic E-state index is 12.3. The molecule has 0 saturated carbocycles. The van der Waals surface area contributed by atoms with E-state index in [-0.39, 0.29) is 30.8 Å². The first-order chi connectivity index (χ1) is 12.6. The van der Waals surface area contributed by atoms with Gasteiger partial charge in [-0.25, -0.2) is 0 Å². The molecular weight excluding hydrogens is 368 g/mol. The number of carbonyl (C=O) groups excluding carboxylic acids is 2. The molecule has 0 aliphatic carbocycles. The average molecular weight is 393 g/mol. The van der Waals surface area contributed by atoms with E-state index in [1.54, 1.807) is 19.2 Å². The Labute approximate surface area is 165 Å². The molecule has 0 saturated heterocycles. The molecule has 0 aliphatic heterocycles. The SMILES string of the molecule is COC(=O)C(CNC(=O)c1ccc(CN)cc1)Cc1ccccc1OC.Cl. The number of nitrogens with one attached hydrogen (secondary N) is 1. The first-order valence-corrected chi connectivity index (χ1v) is 8.36. The van der Waals surface area contributed by atoms with Crippen LogP contribution >= 0.6 is 12.4 Å². The minimum Gasteiger partial charge on any atom is -0.496 e. The molecule has 7 heteroatoms. The van der Waals surface area contributed by atoms with Gasteiger partial charge in [-0.2, -0.15) is 0 Å². The Morgan fingerprint density at radius 1 is 1.07 bits per heavy atom. The maximum absolute atomic E-state index is 12.3. The van der Waals surface area contributed by atoms with Crippen molar-refractivity contribution in [2.75, 3.05) is 20.8 Å². The number of ether oxygens (including phenoxy) is 2. The van der Waals surface area contributed by atoms with Gasteiger partial charge >= 0.3 is 5.97 Å². The third kappa shape index (κ3) is 6.27. The number of para-hydroxylation sites is 1. The van der Waals surface area contributed by atoms with Crippen LogP contribution in [0.1, 0.15) is 21.5 Å². The summed E-state index contributed by atoms with van der Waals surface area (Å²) in [7, 11) is 2.92. The molecule has 146 valence electrons. The molecule has 1 atom stereocenters. The van der Waals surface area contributed by atoms with E-state index in [1.165, 1.54) is 7.11 Å². The van der Waals surface area contributed by atoms with Gasteiger partial charge in [0.15, 0.2) is 0 Å². The summed E-state index contributed by atoms with van der Waals surface area (Å²) < 4.78 is 10.2. The highest BCUT2D eigenvalue weighted by atomic mass is 35.5. The molecule has 6 nitrogen and oxygen atoms in total. The molecule has 2 aromatic rings. The Kier molecular flexibility index (Phi) is 9.33. The second-order valence-electron chi connectivity index (χ2n) is 5.85. The fraction of sp³-hybridized carbons (Fsp3) is 0.300. The van der Waals surface area contributed by atoms with E-state index < -0.39 is 5.92 Å². The van der Waals surface area contributed by atoms with Crippen LogP contribution in [0.15, 0.2) is 48.5 Å². The fourth-order valence-electron chi connectivity index (χ4n) is 2.65. The predicted octanol–water partition coefficient (Wildman–Crippen LogP) is 2.34. The lowest BCUT2D eigenvalue weighted by Gasteiger charge is -2.17. The van der Waals surface area contributed by atoms with Gasteiger partial charge in [0.05, 0.1) is 20.1 Å². The van der Waals surface area contributed by atoms with Crippen molar-refractivity contribution in [3.05, 3.63) is 65.2 Å². The number of carbonyl (C=O) groups is 2. The predicted molar refractivity (Wildman–Crippen MR) is 106 cm³/mol. The Bertz CT molecular complexity index is 750. The second-order valence-corrected chi connectivity index (χ2v) is 5.85. The third-order valence-electron chi connectivity index (χ3n) is 4.15. The molecule has 2 rings (SSSR count). The van der Waals surface area contributed by atoms with E-state index in [4.69, 9.17) is 15.2 Å². The quantitative estimate of drug-likeness (QED) is 0.673. The fourth-order valence-corrected chi connectivity index (χ4v) is 2.65. The monoisotopic (exact) mass is 392 g/mol. The van der Waals surface area contributed by atoms with Crippen LogP contribution in [0.5, 0.6) is 5.75 Å². The Balaban J connectivity index is 0.00000364. The largest absolute Gasteiger partial charge is 0.496 e. The minimum atomic E-state index is -0.511. The molecule has 0 heterocycles. The van der Waals surface area contributed by atoms with E-state index in [1.807, 2.05) is 36.4 Å². The number of benzene rings is 2. The van der Waals surface area contributed by atoms with Crippen LogP contribution in [0.2, 0.25) is 0 Å². The lowest BCUT2D eigenvalue weighted by molar-refractivity contribution is -0.145. The van der Waals surface area contributed by atoms with Crippen molar-refractivity contribution in [3.63, 3.8) is 0 Å². The Hall–Kier alpha value is -2.57. The molecule has 0 aliphatic rings. The van der Waals surface area contributed by atoms with Crippen molar-refractivity contribution < 1.29 is 19.1 Å². The maximum Gasteiger partial charge on any atom is 0.310 e. The van der Waals surface area contributed by atoms with E-state index >= 15 is 0 Å². The van der Waals surface area contributed by atoms with Crippen LogP contribution in [-0.4, -0.2) is 32.6 Å². The zero-order valence-electron chi connectivity index (χ0n) is 15.4. The van der Waals surface area contributed by atoms with E-state index in [0.29, 0.717) is 24.3 Å². The number of esters is 1. The van der Waals surface area contributed by atoms with Crippen LogP contribution in [0.4, 0.5) is 0 Å². The van der Waals surface area contributed by atoms with Crippen molar-refractivity contribution in [1.82, 2.24) is 5.32 Å². The van der Waals surface area contributed by atoms with Crippen LogP contribution in [0.3, 0.4) is 0 Å². The van der Waals surface area contributed by atoms with Crippen molar-refractivity contribution in [3.8, 4) is 5.75 Å². The molecule has 1 amide bonds. The van der Waals surface area contributed by atoms with E-state index in [0.717, 1.165) is 11.1 Å². The molecule has 27 heavy (non-hydrogen) atoms. The second kappa shape index (κ2) is 11.2. The molecule has 1 unspecified atom stereocenters. The van der Waals surface area contributed by atoms with Crippen molar-refractivity contribution in [1.29, 1.82) is 0 Å². The summed E-state index contributed by atoms with van der Waals surface area (Å²) in [5.41, 5.74) is 7.91. The molecule has 0 radical (unpaired) electrons. The molecule has 0 bridgehead atoms. The number of methoxy groups -OCH3 is 2. The van der Waals surface area contributed by atoms with E-state index in [9.17, 15) is 9.59 Å². The number of hydrogen-bond donors (Lipinski definition) is 2. The van der Waals surface area contributed by atoms with Gasteiger partial charge in [-0.1, -0.05) is 30.3 Å². The van der Waals surface area contributed by atoms with Crippen LogP contribution in [-0.2, 0) is 22.5 Å². The number of amides is 1. The summed E-state index contributed by atoms with van der Waals surface area (Å²) in [6.45, 7) is 0.591. The van der Waals surface area contributed by atoms with Gasteiger partial charge in [-0.3, -0.25) is 9.59 Å². The number of nitrogens with two attached hydrogens (primary N) is 1. The lowest BCUT2D eigenvalue weighted by Crippen LogP contribution is -2.34. The van der Waals surface area contributed by atoms with Gasteiger partial charge in [-0.05, 0) is 35.7 Å². The van der Waals surface area contributed by atoms with Gasteiger partial charge in [0.2, 0.25) is 0 Å². The highest BCUT2D eigenvalue weighted by Crippen LogP contribution is 2.21. The van der Waals surface area contributed by atoms with E-state index in [2.05, 4.69) is 5.32 Å². The number of hydrogen-bond acceptors (Lipinski definition) is 5. The average Bonchev–Trinajstić information content (AvgIpc) is 2.70. The third-order valence-corrected chi connectivity index (χ3v) is 4.15. The normalized spacial score (nSPS) is 11.1. The summed E-state index contributed by atoms with van der Waals surface area (Å²) in [4.78, 5) is 24.4. The summed E-state index contributed by atoms with van der Waals surface area (Å²) in [5, 5.41) is 2.80. The summed E-state index contributed by atoms with van der Waals surface area (Å²) >= 11 is 0. The summed E-state index contributed by atoms with van der Waals surface area (Å²) in [6, 6.07) is 14.5. The minimum absolute atomic E-state index is 0. The topological polar surface area (TPSA) is 90.7 Å². The Morgan fingerprint density at radius 3 is 2.33 bits per heavy atom. The number of halogens is 1. The zero-order valence-corrected chi connectivity index (χ0v) is 16.3. The molecule has 0 fully saturated rings. The molecule has 3 N–H and O–H groups in total. The van der Waals surface area contributed by atoms with Gasteiger partial charge in [0.25, 0.3) is 5.91 Å². The molecule has 0 spiro atoms. The number of rotatable bonds is 8. The zero-order chi connectivity index (χ0) is 18.9. The molecule has 2 aromatic carbocycles. The van der Waals surface area contributed by atoms with Gasteiger partial charge in [0.1, 0.15) is 5.75 Å². The van der Waals surface area contributed by atoms with Crippen LogP contribution < -0.4 is 15.8 Å². The Morgan fingerprint density at radius 2 is 1.74 bits per heavy atom. The van der Waals surface area contributed by atoms with Crippen LogP contribution in [0, 0.1) is 5.92 Å².